The van der Waals surface area contributed by atoms with Crippen molar-refractivity contribution in [1.29, 1.82) is 0 Å². The third kappa shape index (κ3) is 5.20. The third-order valence-corrected chi connectivity index (χ3v) is 4.28. The molecule has 0 bridgehead atoms. The number of aryl methyl sites for hydroxylation is 2. The molecule has 0 unspecified atom stereocenters. The Morgan fingerprint density at radius 3 is 2.78 bits per heavy atom. The number of imidazole rings is 1. The maximum atomic E-state index is 4.50. The van der Waals surface area contributed by atoms with E-state index >= 15 is 0 Å². The molecule has 3 rings (SSSR count). The van der Waals surface area contributed by atoms with E-state index in [0.29, 0.717) is 6.54 Å². The molecule has 7 nitrogen and oxygen atoms in total. The average molecular weight is 365 g/mol. The largest absolute Gasteiger partial charge is 0.356 e. The number of H-pyrrole nitrogens is 1. The molecule has 1 aromatic carbocycles. The maximum absolute atomic E-state index is 4.50. The van der Waals surface area contributed by atoms with Crippen LogP contribution >= 0.6 is 0 Å². The van der Waals surface area contributed by atoms with Gasteiger partial charge in [-0.1, -0.05) is 30.3 Å². The van der Waals surface area contributed by atoms with Gasteiger partial charge in [0, 0.05) is 33.4 Å². The van der Waals surface area contributed by atoms with Gasteiger partial charge >= 0.3 is 0 Å². The van der Waals surface area contributed by atoms with Crippen LogP contribution in [0.3, 0.4) is 0 Å². The highest BCUT2D eigenvalue weighted by Crippen LogP contribution is 2.16. The second-order valence-corrected chi connectivity index (χ2v) is 6.57. The van der Waals surface area contributed by atoms with Crippen LogP contribution in [-0.2, 0) is 13.1 Å². The molecule has 3 aromatic rings. The molecule has 2 heterocycles. The van der Waals surface area contributed by atoms with E-state index in [4.69, 9.17) is 0 Å². The number of hydrogen-bond donors (Lipinski definition) is 2. The van der Waals surface area contributed by atoms with Gasteiger partial charge in [0.25, 0.3) is 0 Å². The molecule has 0 aliphatic rings. The fraction of sp³-hybridized carbons (Fsp3) is 0.350. The first-order valence-electron chi connectivity index (χ1n) is 9.16. The van der Waals surface area contributed by atoms with Crippen molar-refractivity contribution in [1.82, 2.24) is 30.0 Å². The van der Waals surface area contributed by atoms with Crippen molar-refractivity contribution in [2.45, 2.75) is 26.4 Å². The van der Waals surface area contributed by atoms with Gasteiger partial charge in [0.05, 0.1) is 24.6 Å². The van der Waals surface area contributed by atoms with Crippen LogP contribution in [-0.4, -0.2) is 51.2 Å². The molecule has 2 N–H and O–H groups in total. The molecule has 27 heavy (non-hydrogen) atoms. The SMILES string of the molecule is CN=C(NCCCn1cc(C)cn1)N(C)Cc1ncc(-c2ccccc2)[nH]1. The highest BCUT2D eigenvalue weighted by molar-refractivity contribution is 5.79. The zero-order valence-corrected chi connectivity index (χ0v) is 16.2. The van der Waals surface area contributed by atoms with E-state index in [1.165, 1.54) is 5.56 Å². The molecule has 0 amide bonds. The van der Waals surface area contributed by atoms with Crippen LogP contribution in [0.15, 0.2) is 53.9 Å². The second-order valence-electron chi connectivity index (χ2n) is 6.57. The standard InChI is InChI=1S/C20H27N7/c1-16-12-24-27(14-16)11-7-10-22-20(21-2)26(3)15-19-23-13-18(25-19)17-8-5-4-6-9-17/h4-6,8-9,12-14H,7,10-11,15H2,1-3H3,(H,21,22)(H,23,25). The second kappa shape index (κ2) is 9.02. The number of nitrogens with one attached hydrogen (secondary N) is 2. The Kier molecular flexibility index (Phi) is 6.25. The molecular formula is C20H27N7. The summed E-state index contributed by atoms with van der Waals surface area (Å²) in [7, 11) is 3.81. The normalized spacial score (nSPS) is 11.6. The number of hydrogen-bond acceptors (Lipinski definition) is 3. The van der Waals surface area contributed by atoms with Crippen molar-refractivity contribution in [3.8, 4) is 11.3 Å². The van der Waals surface area contributed by atoms with Crippen LogP contribution in [0.2, 0.25) is 0 Å². The van der Waals surface area contributed by atoms with Crippen LogP contribution in [0, 0.1) is 6.92 Å². The van der Waals surface area contributed by atoms with Crippen LogP contribution < -0.4 is 5.32 Å². The lowest BCUT2D eigenvalue weighted by Gasteiger charge is -2.21. The monoisotopic (exact) mass is 365 g/mol. The predicted molar refractivity (Wildman–Crippen MR) is 108 cm³/mol. The molecule has 0 aliphatic heterocycles. The summed E-state index contributed by atoms with van der Waals surface area (Å²) in [5.74, 6) is 1.76. The Morgan fingerprint density at radius 2 is 2.07 bits per heavy atom. The number of aliphatic imine (C=N–C) groups is 1. The van der Waals surface area contributed by atoms with Crippen LogP contribution in [0.4, 0.5) is 0 Å². The number of aromatic amines is 1. The van der Waals surface area contributed by atoms with Crippen molar-refractivity contribution in [2.75, 3.05) is 20.6 Å². The van der Waals surface area contributed by atoms with Gasteiger partial charge in [-0.15, -0.1) is 0 Å². The number of benzene rings is 1. The first-order chi connectivity index (χ1) is 13.2. The van der Waals surface area contributed by atoms with Crippen LogP contribution in [0.5, 0.6) is 0 Å². The zero-order valence-electron chi connectivity index (χ0n) is 16.2. The van der Waals surface area contributed by atoms with E-state index in [1.54, 1.807) is 7.05 Å². The van der Waals surface area contributed by atoms with Gasteiger partial charge in [-0.2, -0.15) is 5.10 Å². The summed E-state index contributed by atoms with van der Waals surface area (Å²) in [6.45, 7) is 4.44. The zero-order chi connectivity index (χ0) is 19.1. The van der Waals surface area contributed by atoms with Crippen LogP contribution in [0.1, 0.15) is 17.8 Å². The molecule has 0 radical (unpaired) electrons. The first kappa shape index (κ1) is 18.7. The lowest BCUT2D eigenvalue weighted by molar-refractivity contribution is 0.459. The smallest absolute Gasteiger partial charge is 0.193 e. The van der Waals surface area contributed by atoms with Gasteiger partial charge in [-0.3, -0.25) is 9.67 Å². The van der Waals surface area contributed by atoms with E-state index in [0.717, 1.165) is 42.6 Å². The van der Waals surface area contributed by atoms with Crippen molar-refractivity contribution in [3.63, 3.8) is 0 Å². The molecule has 0 spiro atoms. The maximum Gasteiger partial charge on any atom is 0.193 e. The quantitative estimate of drug-likeness (QED) is 0.383. The first-order valence-corrected chi connectivity index (χ1v) is 9.16. The molecule has 0 aliphatic carbocycles. The van der Waals surface area contributed by atoms with Gasteiger partial charge in [0.1, 0.15) is 5.82 Å². The lowest BCUT2D eigenvalue weighted by atomic mass is 10.2. The Bertz CT molecular complexity index is 863. The minimum absolute atomic E-state index is 0.658. The van der Waals surface area contributed by atoms with Crippen LogP contribution in [0.25, 0.3) is 11.3 Å². The number of rotatable bonds is 7. The minimum atomic E-state index is 0.658. The molecule has 142 valence electrons. The van der Waals surface area contributed by atoms with Gasteiger partial charge in [0.2, 0.25) is 0 Å². The summed E-state index contributed by atoms with van der Waals surface area (Å²) in [6, 6.07) is 10.2. The van der Waals surface area contributed by atoms with Crippen molar-refractivity contribution in [3.05, 3.63) is 60.3 Å². The average Bonchev–Trinajstić information content (AvgIpc) is 3.31. The molecule has 0 atom stereocenters. The summed E-state index contributed by atoms with van der Waals surface area (Å²) in [4.78, 5) is 14.3. The molecule has 0 saturated carbocycles. The number of nitrogens with zero attached hydrogens (tertiary/aromatic N) is 5. The van der Waals surface area contributed by atoms with Gasteiger partial charge < -0.3 is 15.2 Å². The highest BCUT2D eigenvalue weighted by atomic mass is 15.3. The Morgan fingerprint density at radius 1 is 1.26 bits per heavy atom. The Balaban J connectivity index is 1.48. The molecule has 7 heteroatoms. The predicted octanol–water partition coefficient (Wildman–Crippen LogP) is 2.68. The summed E-state index contributed by atoms with van der Waals surface area (Å²) in [6.07, 6.45) is 6.79. The van der Waals surface area contributed by atoms with E-state index in [1.807, 2.05) is 42.3 Å². The minimum Gasteiger partial charge on any atom is -0.356 e. The summed E-state index contributed by atoms with van der Waals surface area (Å²) >= 11 is 0. The number of guanidine groups is 1. The highest BCUT2D eigenvalue weighted by Gasteiger charge is 2.09. The van der Waals surface area contributed by atoms with Crippen molar-refractivity contribution in [2.24, 2.45) is 4.99 Å². The summed E-state index contributed by atoms with van der Waals surface area (Å²) in [5.41, 5.74) is 3.35. The molecule has 2 aromatic heterocycles. The lowest BCUT2D eigenvalue weighted by Crippen LogP contribution is -2.39. The third-order valence-electron chi connectivity index (χ3n) is 4.28. The molecule has 0 saturated heterocycles. The Hall–Kier alpha value is -3.09. The van der Waals surface area contributed by atoms with E-state index in [9.17, 15) is 0 Å². The summed E-state index contributed by atoms with van der Waals surface area (Å²) < 4.78 is 1.97. The topological polar surface area (TPSA) is 74.1 Å². The van der Waals surface area contributed by atoms with Crippen molar-refractivity contribution >= 4 is 5.96 Å². The van der Waals surface area contributed by atoms with Gasteiger partial charge in [-0.05, 0) is 24.5 Å². The number of aromatic nitrogens is 4. The Labute approximate surface area is 160 Å². The van der Waals surface area contributed by atoms with E-state index in [2.05, 4.69) is 55.5 Å². The molecular weight excluding hydrogens is 338 g/mol. The fourth-order valence-electron chi connectivity index (χ4n) is 2.92. The molecule has 0 fully saturated rings. The van der Waals surface area contributed by atoms with Gasteiger partial charge in [-0.25, -0.2) is 4.98 Å². The van der Waals surface area contributed by atoms with E-state index < -0.39 is 0 Å². The van der Waals surface area contributed by atoms with Gasteiger partial charge in [0.15, 0.2) is 5.96 Å². The van der Waals surface area contributed by atoms with E-state index in [-0.39, 0.29) is 0 Å². The van der Waals surface area contributed by atoms with Crippen molar-refractivity contribution < 1.29 is 0 Å². The fourth-order valence-corrected chi connectivity index (χ4v) is 2.92. The summed E-state index contributed by atoms with van der Waals surface area (Å²) in [5, 5.41) is 7.70.